The summed E-state index contributed by atoms with van der Waals surface area (Å²) in [6, 6.07) is 0.443. The molecule has 3 unspecified atom stereocenters. The number of unbranched alkanes of at least 4 members (excludes halogenated alkanes) is 1. The number of rotatable bonds is 7. The molecule has 1 saturated heterocycles. The van der Waals surface area contributed by atoms with Crippen LogP contribution in [0, 0.1) is 0 Å². The molecule has 2 fully saturated rings. The van der Waals surface area contributed by atoms with Gasteiger partial charge < -0.3 is 25.0 Å². The van der Waals surface area contributed by atoms with E-state index in [4.69, 9.17) is 4.74 Å². The number of imidazole rings is 1. The molecule has 0 amide bonds. The Morgan fingerprint density at radius 3 is 2.69 bits per heavy atom. The first-order chi connectivity index (χ1) is 14.2. The number of fused-ring (bicyclic) bond motifs is 1. The Balaban J connectivity index is 1.61. The molecule has 4 rings (SSSR count). The quantitative estimate of drug-likeness (QED) is 0.502. The van der Waals surface area contributed by atoms with Gasteiger partial charge in [-0.3, -0.25) is 9.88 Å². The van der Waals surface area contributed by atoms with Gasteiger partial charge in [0.25, 0.3) is 0 Å². The van der Waals surface area contributed by atoms with Crippen molar-refractivity contribution in [2.24, 2.45) is 4.99 Å². The van der Waals surface area contributed by atoms with Crippen molar-refractivity contribution in [1.29, 1.82) is 0 Å². The third-order valence-corrected chi connectivity index (χ3v) is 6.32. The summed E-state index contributed by atoms with van der Waals surface area (Å²) in [6.07, 6.45) is 7.76. The largest absolute Gasteiger partial charge is 0.394 e. The zero-order chi connectivity index (χ0) is 20.4. The Morgan fingerprint density at radius 1 is 1.21 bits per heavy atom. The van der Waals surface area contributed by atoms with Crippen molar-refractivity contribution in [3.63, 3.8) is 0 Å². The molecule has 0 bridgehead atoms. The second kappa shape index (κ2) is 9.09. The average Bonchev–Trinajstić information content (AvgIpc) is 3.30. The van der Waals surface area contributed by atoms with Crippen LogP contribution in [0.1, 0.15) is 70.0 Å². The zero-order valence-electron chi connectivity index (χ0n) is 17.0. The molecule has 9 heteroatoms. The molecule has 5 atom stereocenters. The molecule has 1 aromatic rings. The van der Waals surface area contributed by atoms with E-state index in [1.165, 1.54) is 19.3 Å². The van der Waals surface area contributed by atoms with Crippen LogP contribution in [-0.2, 0) is 4.74 Å². The fourth-order valence-electron chi connectivity index (χ4n) is 4.62. The molecule has 0 spiro atoms. The maximum Gasteiger partial charge on any atom is 0.165 e. The van der Waals surface area contributed by atoms with E-state index in [0.29, 0.717) is 11.9 Å². The predicted octanol–water partition coefficient (Wildman–Crippen LogP) is 1.19. The molecule has 3 heterocycles. The molecule has 3 aliphatic rings. The van der Waals surface area contributed by atoms with Crippen LogP contribution in [0.5, 0.6) is 0 Å². The molecule has 9 nitrogen and oxygen atoms in total. The molecular weight excluding hydrogens is 374 g/mol. The minimum absolute atomic E-state index is 0.0736. The summed E-state index contributed by atoms with van der Waals surface area (Å²) in [5, 5.41) is 33.5. The number of hydrogen-bond acceptors (Lipinski definition) is 8. The topological polar surface area (TPSA) is 115 Å². The van der Waals surface area contributed by atoms with Crippen molar-refractivity contribution in [3.8, 4) is 0 Å². The number of aliphatic imine (C=N–C) groups is 1. The number of hydrogen-bond donors (Lipinski definition) is 4. The standard InChI is InChI=1S/C20H33N5O4/c1-2-3-9-21-18-15-19(23-12-24(18)13-7-5-4-6-8-13)25(11-22-15)20-17(28)16(27)14(10-26)29-20/h11-14,16-18,20-21,26-28H,2-10H2,1H3/t14-,16?,17?,18?,20-/m1/s1. The van der Waals surface area contributed by atoms with Gasteiger partial charge in [-0.25, -0.2) is 9.98 Å². The van der Waals surface area contributed by atoms with Crippen molar-refractivity contribution >= 4 is 12.2 Å². The summed E-state index contributed by atoms with van der Waals surface area (Å²) >= 11 is 0. The molecule has 162 valence electrons. The summed E-state index contributed by atoms with van der Waals surface area (Å²) in [4.78, 5) is 11.6. The lowest BCUT2D eigenvalue weighted by Crippen LogP contribution is -2.46. The molecule has 29 heavy (non-hydrogen) atoms. The molecule has 2 aliphatic heterocycles. The van der Waals surface area contributed by atoms with Gasteiger partial charge in [0.2, 0.25) is 0 Å². The van der Waals surface area contributed by atoms with Gasteiger partial charge in [-0.15, -0.1) is 0 Å². The van der Waals surface area contributed by atoms with Gasteiger partial charge in [-0.1, -0.05) is 32.6 Å². The van der Waals surface area contributed by atoms with Gasteiger partial charge in [0.15, 0.2) is 12.0 Å². The monoisotopic (exact) mass is 407 g/mol. The van der Waals surface area contributed by atoms with Crippen LogP contribution in [0.4, 0.5) is 5.82 Å². The lowest BCUT2D eigenvalue weighted by molar-refractivity contribution is -0.0520. The molecule has 1 saturated carbocycles. The highest BCUT2D eigenvalue weighted by Crippen LogP contribution is 2.39. The van der Waals surface area contributed by atoms with E-state index in [-0.39, 0.29) is 12.8 Å². The highest BCUT2D eigenvalue weighted by molar-refractivity contribution is 5.66. The maximum absolute atomic E-state index is 10.4. The zero-order valence-corrected chi connectivity index (χ0v) is 17.0. The van der Waals surface area contributed by atoms with Crippen LogP contribution in [0.2, 0.25) is 0 Å². The summed E-state index contributed by atoms with van der Waals surface area (Å²) < 4.78 is 7.36. The average molecular weight is 408 g/mol. The number of nitrogens with zero attached hydrogens (tertiary/aromatic N) is 4. The van der Waals surface area contributed by atoms with Gasteiger partial charge in [0.1, 0.15) is 30.2 Å². The Morgan fingerprint density at radius 2 is 2.00 bits per heavy atom. The first-order valence-electron chi connectivity index (χ1n) is 10.9. The number of aliphatic hydroxyl groups excluding tert-OH is 3. The van der Waals surface area contributed by atoms with Crippen LogP contribution < -0.4 is 5.32 Å². The van der Waals surface area contributed by atoms with Crippen LogP contribution in [0.15, 0.2) is 11.3 Å². The van der Waals surface area contributed by atoms with Crippen LogP contribution in [-0.4, -0.2) is 73.6 Å². The number of aromatic nitrogens is 2. The molecule has 0 radical (unpaired) electrons. The Hall–Kier alpha value is -1.52. The third-order valence-electron chi connectivity index (χ3n) is 6.32. The predicted molar refractivity (Wildman–Crippen MR) is 108 cm³/mol. The third kappa shape index (κ3) is 3.94. The van der Waals surface area contributed by atoms with Gasteiger partial charge in [-0.05, 0) is 25.8 Å². The van der Waals surface area contributed by atoms with E-state index >= 15 is 0 Å². The Labute approximate surface area is 171 Å². The van der Waals surface area contributed by atoms with Crippen molar-refractivity contribution < 1.29 is 20.1 Å². The summed E-state index contributed by atoms with van der Waals surface area (Å²) in [7, 11) is 0. The van der Waals surface area contributed by atoms with Crippen LogP contribution >= 0.6 is 0 Å². The minimum Gasteiger partial charge on any atom is -0.394 e. The lowest BCUT2D eigenvalue weighted by Gasteiger charge is -2.40. The summed E-state index contributed by atoms with van der Waals surface area (Å²) in [6.45, 7) is 2.70. The van der Waals surface area contributed by atoms with Crippen molar-refractivity contribution in [2.75, 3.05) is 13.2 Å². The van der Waals surface area contributed by atoms with Crippen molar-refractivity contribution in [3.05, 3.63) is 12.0 Å². The van der Waals surface area contributed by atoms with E-state index in [0.717, 1.165) is 37.9 Å². The van der Waals surface area contributed by atoms with E-state index in [1.54, 1.807) is 10.9 Å². The lowest BCUT2D eigenvalue weighted by atomic mass is 9.93. The molecule has 0 aromatic carbocycles. The van der Waals surface area contributed by atoms with E-state index < -0.39 is 24.5 Å². The second-order valence-electron chi connectivity index (χ2n) is 8.28. The number of ether oxygens (including phenoxy) is 1. The normalized spacial score (nSPS) is 32.7. The highest BCUT2D eigenvalue weighted by Gasteiger charge is 2.45. The first kappa shape index (κ1) is 20.7. The molecule has 4 N–H and O–H groups in total. The van der Waals surface area contributed by atoms with E-state index in [9.17, 15) is 15.3 Å². The van der Waals surface area contributed by atoms with Crippen LogP contribution in [0.25, 0.3) is 0 Å². The summed E-state index contributed by atoms with van der Waals surface area (Å²) in [5.41, 5.74) is 0.812. The minimum atomic E-state index is -1.15. The molecule has 1 aliphatic carbocycles. The summed E-state index contributed by atoms with van der Waals surface area (Å²) in [5.74, 6) is 0.626. The van der Waals surface area contributed by atoms with Crippen molar-refractivity contribution in [2.45, 2.75) is 88.6 Å². The Kier molecular flexibility index (Phi) is 6.50. The van der Waals surface area contributed by atoms with Crippen LogP contribution in [0.3, 0.4) is 0 Å². The fraction of sp³-hybridized carbons (Fsp3) is 0.800. The van der Waals surface area contributed by atoms with E-state index in [2.05, 4.69) is 27.1 Å². The van der Waals surface area contributed by atoms with Crippen molar-refractivity contribution in [1.82, 2.24) is 19.8 Å². The fourth-order valence-corrected chi connectivity index (χ4v) is 4.62. The van der Waals surface area contributed by atoms with Gasteiger partial charge >= 0.3 is 0 Å². The van der Waals surface area contributed by atoms with E-state index in [1.807, 2.05) is 6.34 Å². The molecular formula is C20H33N5O4. The number of aliphatic hydroxyl groups is 3. The SMILES string of the molecule is CCCCNC1c2ncn([C@@H]3O[C@H](CO)C(O)C3O)c2N=CN1C1CCCCC1. The molecule has 1 aromatic heterocycles. The maximum atomic E-state index is 10.4. The number of nitrogens with one attached hydrogen (secondary N) is 1. The Bertz CT molecular complexity index is 705. The smallest absolute Gasteiger partial charge is 0.165 e. The van der Waals surface area contributed by atoms with Gasteiger partial charge in [-0.2, -0.15) is 0 Å². The van der Waals surface area contributed by atoms with Gasteiger partial charge in [0, 0.05) is 6.04 Å². The first-order valence-corrected chi connectivity index (χ1v) is 10.9. The second-order valence-corrected chi connectivity index (χ2v) is 8.28. The highest BCUT2D eigenvalue weighted by atomic mass is 16.6. The van der Waals surface area contributed by atoms with Gasteiger partial charge in [0.05, 0.1) is 19.3 Å².